The number of likely N-dealkylation sites (N-methyl/N-ethyl adjacent to an activating group) is 1. The van der Waals surface area contributed by atoms with E-state index >= 15 is 0 Å². The summed E-state index contributed by atoms with van der Waals surface area (Å²) in [6.45, 7) is 3.06. The number of hydrogen-bond donors (Lipinski definition) is 0. The van der Waals surface area contributed by atoms with Crippen molar-refractivity contribution < 1.29 is 4.74 Å². The van der Waals surface area contributed by atoms with E-state index in [9.17, 15) is 0 Å². The molecule has 1 aliphatic heterocycles. The number of ether oxygens (including phenoxy) is 1. The molecule has 1 aliphatic rings. The zero-order chi connectivity index (χ0) is 18.5. The number of rotatable bonds is 6. The number of para-hydroxylation sites is 1. The van der Waals surface area contributed by atoms with Crippen LogP contribution < -0.4 is 14.5 Å². The number of likely N-dealkylation sites (tertiary alicyclic amines) is 1. The van der Waals surface area contributed by atoms with Gasteiger partial charge in [0.2, 0.25) is 0 Å². The van der Waals surface area contributed by atoms with E-state index in [-0.39, 0.29) is 0 Å². The Labute approximate surface area is 156 Å². The maximum atomic E-state index is 5.51. The third kappa shape index (κ3) is 4.25. The predicted molar refractivity (Wildman–Crippen MR) is 106 cm³/mol. The van der Waals surface area contributed by atoms with Crippen LogP contribution in [0.4, 0.5) is 11.6 Å². The van der Waals surface area contributed by atoms with E-state index in [0.717, 1.165) is 37.0 Å². The average molecular weight is 355 g/mol. The molecule has 6 heteroatoms. The number of piperidine rings is 1. The Balaban J connectivity index is 1.69. The third-order valence-electron chi connectivity index (χ3n) is 5.07. The fourth-order valence-electron chi connectivity index (χ4n) is 3.53. The van der Waals surface area contributed by atoms with Crippen molar-refractivity contribution in [2.45, 2.75) is 25.4 Å². The molecular weight excluding hydrogens is 326 g/mol. The van der Waals surface area contributed by atoms with Crippen molar-refractivity contribution in [1.82, 2.24) is 14.9 Å². The zero-order valence-electron chi connectivity index (χ0n) is 16.2. The van der Waals surface area contributed by atoms with Gasteiger partial charge in [-0.05, 0) is 25.5 Å². The minimum absolute atomic E-state index is 0.448. The van der Waals surface area contributed by atoms with Crippen molar-refractivity contribution in [2.75, 3.05) is 51.1 Å². The highest BCUT2D eigenvalue weighted by Gasteiger charge is 2.25. The van der Waals surface area contributed by atoms with Gasteiger partial charge in [-0.2, -0.15) is 0 Å². The van der Waals surface area contributed by atoms with Gasteiger partial charge >= 0.3 is 0 Å². The number of hydrogen-bond acceptors (Lipinski definition) is 6. The summed E-state index contributed by atoms with van der Waals surface area (Å²) in [6.07, 6.45) is 4.02. The van der Waals surface area contributed by atoms with Crippen LogP contribution in [0.2, 0.25) is 0 Å². The average Bonchev–Trinajstić information content (AvgIpc) is 2.68. The minimum Gasteiger partial charge on any atom is -0.496 e. The number of benzene rings is 1. The summed E-state index contributed by atoms with van der Waals surface area (Å²) in [6, 6.07) is 10.8. The first-order chi connectivity index (χ1) is 12.6. The molecule has 1 saturated heterocycles. The van der Waals surface area contributed by atoms with Crippen LogP contribution in [-0.2, 0) is 6.54 Å². The Hall–Kier alpha value is -2.34. The summed E-state index contributed by atoms with van der Waals surface area (Å²) in [4.78, 5) is 15.6. The molecule has 3 rings (SSSR count). The van der Waals surface area contributed by atoms with Crippen molar-refractivity contribution in [1.29, 1.82) is 0 Å². The maximum Gasteiger partial charge on any atom is 0.134 e. The van der Waals surface area contributed by atoms with E-state index in [0.29, 0.717) is 6.04 Å². The Morgan fingerprint density at radius 1 is 1.15 bits per heavy atom. The lowest BCUT2D eigenvalue weighted by Gasteiger charge is -2.38. The number of anilines is 2. The van der Waals surface area contributed by atoms with Gasteiger partial charge < -0.3 is 14.5 Å². The Kier molecular flexibility index (Phi) is 5.93. The monoisotopic (exact) mass is 355 g/mol. The first kappa shape index (κ1) is 18.5. The quantitative estimate of drug-likeness (QED) is 0.794. The summed E-state index contributed by atoms with van der Waals surface area (Å²) in [5, 5.41) is 0. The second kappa shape index (κ2) is 8.36. The molecule has 0 aliphatic carbocycles. The summed E-state index contributed by atoms with van der Waals surface area (Å²) < 4.78 is 5.51. The molecule has 26 heavy (non-hydrogen) atoms. The van der Waals surface area contributed by atoms with Crippen LogP contribution in [0.3, 0.4) is 0 Å². The lowest BCUT2D eigenvalue weighted by atomic mass is 10.0. The Bertz CT molecular complexity index is 721. The van der Waals surface area contributed by atoms with Gasteiger partial charge in [0.1, 0.15) is 23.7 Å². The molecule has 0 radical (unpaired) electrons. The highest BCUT2D eigenvalue weighted by Crippen LogP contribution is 2.25. The molecule has 1 atom stereocenters. The van der Waals surface area contributed by atoms with Crippen molar-refractivity contribution in [2.24, 2.45) is 0 Å². The van der Waals surface area contributed by atoms with E-state index in [1.807, 2.05) is 31.1 Å². The fraction of sp³-hybridized carbons (Fsp3) is 0.500. The smallest absolute Gasteiger partial charge is 0.134 e. The van der Waals surface area contributed by atoms with Gasteiger partial charge in [0.15, 0.2) is 0 Å². The SMILES string of the molecule is COc1ccccc1CN1CCCC(N(C)c2cc(N(C)C)ncn2)C1. The molecule has 140 valence electrons. The van der Waals surface area contributed by atoms with Gasteiger partial charge in [-0.15, -0.1) is 0 Å². The zero-order valence-corrected chi connectivity index (χ0v) is 16.2. The molecule has 0 N–H and O–H groups in total. The first-order valence-corrected chi connectivity index (χ1v) is 9.15. The van der Waals surface area contributed by atoms with Crippen LogP contribution in [0.25, 0.3) is 0 Å². The van der Waals surface area contributed by atoms with Crippen molar-refractivity contribution in [3.63, 3.8) is 0 Å². The number of nitrogens with zero attached hydrogens (tertiary/aromatic N) is 5. The van der Waals surface area contributed by atoms with Crippen molar-refractivity contribution >= 4 is 11.6 Å². The molecule has 2 heterocycles. The van der Waals surface area contributed by atoms with Gasteiger partial charge in [0.25, 0.3) is 0 Å². The Morgan fingerprint density at radius 3 is 2.69 bits per heavy atom. The summed E-state index contributed by atoms with van der Waals surface area (Å²) in [7, 11) is 7.88. The molecular formula is C20H29N5O. The predicted octanol–water partition coefficient (Wildman–Crippen LogP) is 2.65. The number of aromatic nitrogens is 2. The van der Waals surface area contributed by atoms with Gasteiger partial charge in [0.05, 0.1) is 7.11 Å². The highest BCUT2D eigenvalue weighted by molar-refractivity contribution is 5.49. The first-order valence-electron chi connectivity index (χ1n) is 9.15. The van der Waals surface area contributed by atoms with Crippen LogP contribution in [-0.4, -0.2) is 62.3 Å². The molecule has 0 spiro atoms. The molecule has 1 aromatic carbocycles. The second-order valence-corrected chi connectivity index (χ2v) is 7.08. The molecule has 6 nitrogen and oxygen atoms in total. The van der Waals surface area contributed by atoms with Crippen LogP contribution in [0.1, 0.15) is 18.4 Å². The summed E-state index contributed by atoms with van der Waals surface area (Å²) >= 11 is 0. The van der Waals surface area contributed by atoms with Gasteiger partial charge in [-0.25, -0.2) is 9.97 Å². The van der Waals surface area contributed by atoms with E-state index in [2.05, 4.69) is 45.0 Å². The number of methoxy groups -OCH3 is 1. The molecule has 2 aromatic rings. The molecule has 0 saturated carbocycles. The highest BCUT2D eigenvalue weighted by atomic mass is 16.5. The lowest BCUT2D eigenvalue weighted by molar-refractivity contribution is 0.196. The second-order valence-electron chi connectivity index (χ2n) is 7.08. The lowest BCUT2D eigenvalue weighted by Crippen LogP contribution is -2.46. The Morgan fingerprint density at radius 2 is 1.92 bits per heavy atom. The molecule has 0 amide bonds. The van der Waals surface area contributed by atoms with Gasteiger partial charge in [-0.3, -0.25) is 4.90 Å². The molecule has 1 aromatic heterocycles. The van der Waals surface area contributed by atoms with Crippen LogP contribution in [0.5, 0.6) is 5.75 Å². The minimum atomic E-state index is 0.448. The van der Waals surface area contributed by atoms with E-state index in [1.54, 1.807) is 13.4 Å². The van der Waals surface area contributed by atoms with Gasteiger partial charge in [-0.1, -0.05) is 18.2 Å². The normalized spacial score (nSPS) is 17.8. The van der Waals surface area contributed by atoms with Crippen LogP contribution in [0, 0.1) is 0 Å². The largest absolute Gasteiger partial charge is 0.496 e. The summed E-state index contributed by atoms with van der Waals surface area (Å²) in [5.74, 6) is 2.88. The topological polar surface area (TPSA) is 44.7 Å². The van der Waals surface area contributed by atoms with Gasteiger partial charge in [0, 0.05) is 51.9 Å². The van der Waals surface area contributed by atoms with E-state index < -0.39 is 0 Å². The van der Waals surface area contributed by atoms with E-state index in [4.69, 9.17) is 4.74 Å². The van der Waals surface area contributed by atoms with Crippen molar-refractivity contribution in [3.8, 4) is 5.75 Å². The fourth-order valence-corrected chi connectivity index (χ4v) is 3.53. The standard InChI is InChI=1S/C20H29N5O/c1-23(2)19-12-20(22-15-21-19)24(3)17-9-7-11-25(14-17)13-16-8-5-6-10-18(16)26-4/h5-6,8,10,12,15,17H,7,9,11,13-14H2,1-4H3. The van der Waals surface area contributed by atoms with E-state index in [1.165, 1.54) is 18.4 Å². The summed E-state index contributed by atoms with van der Waals surface area (Å²) in [5.41, 5.74) is 1.25. The molecule has 1 fully saturated rings. The molecule has 1 unspecified atom stereocenters. The maximum absolute atomic E-state index is 5.51. The van der Waals surface area contributed by atoms with Crippen molar-refractivity contribution in [3.05, 3.63) is 42.2 Å². The third-order valence-corrected chi connectivity index (χ3v) is 5.07. The van der Waals surface area contributed by atoms with Crippen LogP contribution >= 0.6 is 0 Å². The van der Waals surface area contributed by atoms with Crippen LogP contribution in [0.15, 0.2) is 36.7 Å². The molecule has 0 bridgehead atoms.